The van der Waals surface area contributed by atoms with Crippen molar-refractivity contribution in [3.05, 3.63) is 0 Å². The highest BCUT2D eigenvalue weighted by molar-refractivity contribution is 5.69. The van der Waals surface area contributed by atoms with Crippen molar-refractivity contribution < 1.29 is 14.3 Å². The molecule has 3 nitrogen and oxygen atoms in total. The average molecular weight is 423 g/mol. The van der Waals surface area contributed by atoms with E-state index in [0.717, 1.165) is 30.6 Å². The topological polar surface area (TPSA) is 35.5 Å². The lowest BCUT2D eigenvalue weighted by Crippen LogP contribution is -2.29. The van der Waals surface area contributed by atoms with Crippen LogP contribution >= 0.6 is 0 Å². The number of carbonyl (C=O) groups excluding carboxylic acids is 1. The molecule has 0 aromatic rings. The van der Waals surface area contributed by atoms with Gasteiger partial charge in [-0.05, 0) is 62.7 Å². The molecule has 0 N–H and O–H groups in total. The molecule has 0 aromatic heterocycles. The molecule has 3 heteroatoms. The van der Waals surface area contributed by atoms with Crippen LogP contribution in [-0.4, -0.2) is 25.3 Å². The molecular weight excluding hydrogens is 372 g/mol. The van der Waals surface area contributed by atoms with Gasteiger partial charge in [0.05, 0.1) is 12.7 Å². The van der Waals surface area contributed by atoms with Gasteiger partial charge in [0.15, 0.2) is 0 Å². The molecular formula is C27H50O3. The van der Waals surface area contributed by atoms with E-state index in [9.17, 15) is 4.79 Å². The summed E-state index contributed by atoms with van der Waals surface area (Å²) in [7, 11) is 0. The number of rotatable bonds is 15. The first kappa shape index (κ1) is 25.7. The van der Waals surface area contributed by atoms with Gasteiger partial charge in [-0.15, -0.1) is 0 Å². The number of hydrogen-bond donors (Lipinski definition) is 0. The number of carbonyl (C=O) groups is 1. The normalized spacial score (nSPS) is 27.1. The first-order valence-corrected chi connectivity index (χ1v) is 13.5. The molecule has 0 aliphatic heterocycles. The minimum atomic E-state index is -0.0488. The van der Waals surface area contributed by atoms with E-state index in [-0.39, 0.29) is 5.97 Å². The Morgan fingerprint density at radius 3 is 1.97 bits per heavy atom. The lowest BCUT2D eigenvalue weighted by atomic mass is 9.70. The SMILES string of the molecule is CCCCCCCCC(=O)OCCOC1CCC(C2CCC(CCCC)CC2)CC1. The molecule has 2 fully saturated rings. The fraction of sp³-hybridized carbons (Fsp3) is 0.963. The highest BCUT2D eigenvalue weighted by Crippen LogP contribution is 2.41. The second kappa shape index (κ2) is 16.1. The first-order valence-electron chi connectivity index (χ1n) is 13.5. The van der Waals surface area contributed by atoms with E-state index in [1.54, 1.807) is 0 Å². The molecule has 0 radical (unpaired) electrons. The lowest BCUT2D eigenvalue weighted by molar-refractivity contribution is -0.146. The van der Waals surface area contributed by atoms with Crippen molar-refractivity contribution in [1.29, 1.82) is 0 Å². The van der Waals surface area contributed by atoms with Crippen LogP contribution in [0.2, 0.25) is 0 Å². The number of esters is 1. The third-order valence-electron chi connectivity index (χ3n) is 7.68. The van der Waals surface area contributed by atoms with E-state index in [2.05, 4.69) is 13.8 Å². The van der Waals surface area contributed by atoms with Crippen LogP contribution in [0, 0.1) is 17.8 Å². The fourth-order valence-electron chi connectivity index (χ4n) is 5.66. The summed E-state index contributed by atoms with van der Waals surface area (Å²) in [6.07, 6.45) is 23.4. The largest absolute Gasteiger partial charge is 0.463 e. The molecule has 2 saturated carbocycles. The molecule has 2 aliphatic carbocycles. The van der Waals surface area contributed by atoms with E-state index >= 15 is 0 Å². The van der Waals surface area contributed by atoms with Crippen molar-refractivity contribution in [2.24, 2.45) is 17.8 Å². The van der Waals surface area contributed by atoms with E-state index in [0.29, 0.717) is 25.7 Å². The average Bonchev–Trinajstić information content (AvgIpc) is 2.78. The van der Waals surface area contributed by atoms with Gasteiger partial charge in [0, 0.05) is 6.42 Å². The Morgan fingerprint density at radius 1 is 0.700 bits per heavy atom. The highest BCUT2D eigenvalue weighted by Gasteiger charge is 2.30. The lowest BCUT2D eigenvalue weighted by Gasteiger charge is -2.37. The zero-order valence-electron chi connectivity index (χ0n) is 20.2. The minimum Gasteiger partial charge on any atom is -0.463 e. The summed E-state index contributed by atoms with van der Waals surface area (Å²) in [6, 6.07) is 0. The van der Waals surface area contributed by atoms with E-state index in [4.69, 9.17) is 9.47 Å². The number of hydrogen-bond acceptors (Lipinski definition) is 3. The van der Waals surface area contributed by atoms with Crippen molar-refractivity contribution in [2.45, 2.75) is 136 Å². The van der Waals surface area contributed by atoms with Crippen LogP contribution in [0.4, 0.5) is 0 Å². The predicted octanol–water partition coefficient (Wildman–Crippen LogP) is 7.85. The van der Waals surface area contributed by atoms with Gasteiger partial charge in [0.25, 0.3) is 0 Å². The number of ether oxygens (including phenoxy) is 2. The monoisotopic (exact) mass is 422 g/mol. The molecule has 2 aliphatic rings. The number of unbranched alkanes of at least 4 members (excludes halogenated alkanes) is 6. The van der Waals surface area contributed by atoms with Gasteiger partial charge in [-0.3, -0.25) is 4.79 Å². The zero-order valence-corrected chi connectivity index (χ0v) is 20.2. The van der Waals surface area contributed by atoms with E-state index in [1.165, 1.54) is 96.3 Å². The summed E-state index contributed by atoms with van der Waals surface area (Å²) >= 11 is 0. The summed E-state index contributed by atoms with van der Waals surface area (Å²) in [5, 5.41) is 0. The summed E-state index contributed by atoms with van der Waals surface area (Å²) < 4.78 is 11.4. The van der Waals surface area contributed by atoms with Gasteiger partial charge in [0.2, 0.25) is 0 Å². The van der Waals surface area contributed by atoms with Crippen LogP contribution in [0.25, 0.3) is 0 Å². The molecule has 30 heavy (non-hydrogen) atoms. The first-order chi connectivity index (χ1) is 14.7. The van der Waals surface area contributed by atoms with Gasteiger partial charge in [-0.1, -0.05) is 78.1 Å². The van der Waals surface area contributed by atoms with Crippen LogP contribution in [0.3, 0.4) is 0 Å². The highest BCUT2D eigenvalue weighted by atomic mass is 16.6. The summed E-state index contributed by atoms with van der Waals surface area (Å²) in [6.45, 7) is 5.54. The van der Waals surface area contributed by atoms with Crippen molar-refractivity contribution in [1.82, 2.24) is 0 Å². The Kier molecular flexibility index (Phi) is 13.8. The van der Waals surface area contributed by atoms with Crippen molar-refractivity contribution >= 4 is 5.97 Å². The quantitative estimate of drug-likeness (QED) is 0.199. The molecule has 0 aromatic carbocycles. The molecule has 0 bridgehead atoms. The molecule has 176 valence electrons. The van der Waals surface area contributed by atoms with E-state index < -0.39 is 0 Å². The Hall–Kier alpha value is -0.570. The van der Waals surface area contributed by atoms with E-state index in [1.807, 2.05) is 0 Å². The molecule has 0 heterocycles. The van der Waals surface area contributed by atoms with Crippen LogP contribution < -0.4 is 0 Å². The van der Waals surface area contributed by atoms with Crippen LogP contribution in [0.5, 0.6) is 0 Å². The minimum absolute atomic E-state index is 0.0488. The molecule has 0 amide bonds. The van der Waals surface area contributed by atoms with Crippen LogP contribution in [0.1, 0.15) is 129 Å². The van der Waals surface area contributed by atoms with Crippen molar-refractivity contribution in [2.75, 3.05) is 13.2 Å². The maximum absolute atomic E-state index is 11.8. The molecule has 2 rings (SSSR count). The molecule has 0 atom stereocenters. The van der Waals surface area contributed by atoms with Gasteiger partial charge in [0.1, 0.15) is 6.61 Å². The van der Waals surface area contributed by atoms with Gasteiger partial charge in [-0.25, -0.2) is 0 Å². The van der Waals surface area contributed by atoms with Gasteiger partial charge in [-0.2, -0.15) is 0 Å². The second-order valence-electron chi connectivity index (χ2n) is 10.1. The molecule has 0 spiro atoms. The third kappa shape index (κ3) is 10.6. The fourth-order valence-corrected chi connectivity index (χ4v) is 5.66. The summed E-state index contributed by atoms with van der Waals surface area (Å²) in [5.74, 6) is 2.89. The Bertz CT molecular complexity index is 420. The standard InChI is InChI=1S/C27H50O3/c1-3-5-7-8-9-10-12-27(28)30-22-21-29-26-19-17-25(18-20-26)24-15-13-23(14-16-24)11-6-4-2/h23-26H,3-22H2,1-2H3. The second-order valence-corrected chi connectivity index (χ2v) is 10.1. The van der Waals surface area contributed by atoms with Gasteiger partial charge >= 0.3 is 5.97 Å². The van der Waals surface area contributed by atoms with Crippen LogP contribution in [-0.2, 0) is 14.3 Å². The van der Waals surface area contributed by atoms with Crippen LogP contribution in [0.15, 0.2) is 0 Å². The predicted molar refractivity (Wildman–Crippen MR) is 126 cm³/mol. The summed E-state index contributed by atoms with van der Waals surface area (Å²) in [5.41, 5.74) is 0. The summed E-state index contributed by atoms with van der Waals surface area (Å²) in [4.78, 5) is 11.8. The molecule has 0 saturated heterocycles. The van der Waals surface area contributed by atoms with Gasteiger partial charge < -0.3 is 9.47 Å². The maximum Gasteiger partial charge on any atom is 0.305 e. The van der Waals surface area contributed by atoms with Crippen molar-refractivity contribution in [3.8, 4) is 0 Å². The smallest absolute Gasteiger partial charge is 0.305 e. The Morgan fingerprint density at radius 2 is 1.30 bits per heavy atom. The maximum atomic E-state index is 11.8. The molecule has 0 unspecified atom stereocenters. The third-order valence-corrected chi connectivity index (χ3v) is 7.68. The Balaban J connectivity index is 1.44. The zero-order chi connectivity index (χ0) is 21.4. The Labute approximate surface area is 187 Å². The van der Waals surface area contributed by atoms with Crippen molar-refractivity contribution in [3.63, 3.8) is 0 Å².